The molecule has 1 heterocycles. The van der Waals surface area contributed by atoms with Crippen LogP contribution in [-0.4, -0.2) is 48.9 Å². The number of benzene rings is 1. The third-order valence-electron chi connectivity index (χ3n) is 3.19. The molecule has 0 atom stereocenters. The van der Waals surface area contributed by atoms with Gasteiger partial charge in [-0.3, -0.25) is 4.79 Å². The van der Waals surface area contributed by atoms with E-state index in [0.717, 1.165) is 19.5 Å². The van der Waals surface area contributed by atoms with Crippen LogP contribution in [0, 0.1) is 5.82 Å². The van der Waals surface area contributed by atoms with Crippen molar-refractivity contribution >= 4 is 18.5 Å². The lowest BCUT2D eigenvalue weighted by Crippen LogP contribution is -2.35. The van der Waals surface area contributed by atoms with Gasteiger partial charge in [-0.25, -0.2) is 4.39 Å². The molecule has 0 aliphatic carbocycles. The number of nitrogens with zero attached hydrogens (tertiary/aromatic N) is 2. The van der Waals surface area contributed by atoms with Crippen LogP contribution in [0.25, 0.3) is 0 Å². The maximum atomic E-state index is 13.7. The minimum Gasteiger partial charge on any atom is -0.337 e. The van der Waals surface area contributed by atoms with Gasteiger partial charge in [-0.05, 0) is 38.2 Å². The number of hydrogen-bond acceptors (Lipinski definition) is 3. The van der Waals surface area contributed by atoms with Crippen LogP contribution in [0.5, 0.6) is 0 Å². The molecule has 1 fully saturated rings. The molecule has 18 heavy (non-hydrogen) atoms. The lowest BCUT2D eigenvalue weighted by Gasteiger charge is -2.21. The molecule has 0 bridgehead atoms. The summed E-state index contributed by atoms with van der Waals surface area (Å²) in [4.78, 5) is 16.8. The Bertz CT molecular complexity index is 453. The fourth-order valence-corrected chi connectivity index (χ4v) is 2.30. The van der Waals surface area contributed by atoms with E-state index in [1.807, 2.05) is 7.05 Å². The molecule has 1 aromatic rings. The van der Waals surface area contributed by atoms with Gasteiger partial charge in [-0.15, -0.1) is 12.6 Å². The molecule has 5 heteroatoms. The van der Waals surface area contributed by atoms with Crippen molar-refractivity contribution in [1.29, 1.82) is 0 Å². The number of likely N-dealkylation sites (N-methyl/N-ethyl adjacent to an activating group) is 1. The van der Waals surface area contributed by atoms with Gasteiger partial charge in [0.1, 0.15) is 5.82 Å². The van der Waals surface area contributed by atoms with E-state index in [9.17, 15) is 9.18 Å². The molecule has 2 rings (SSSR count). The number of carbonyl (C=O) groups is 1. The number of hydrogen-bond donors (Lipinski definition) is 1. The van der Waals surface area contributed by atoms with Gasteiger partial charge < -0.3 is 9.80 Å². The summed E-state index contributed by atoms with van der Waals surface area (Å²) in [5.41, 5.74) is 0.118. The van der Waals surface area contributed by atoms with Crippen LogP contribution in [0.3, 0.4) is 0 Å². The Balaban J connectivity index is 2.17. The van der Waals surface area contributed by atoms with Crippen molar-refractivity contribution in [2.24, 2.45) is 0 Å². The summed E-state index contributed by atoms with van der Waals surface area (Å²) in [5, 5.41) is 0. The van der Waals surface area contributed by atoms with Crippen LogP contribution in [0.2, 0.25) is 0 Å². The molecule has 98 valence electrons. The predicted molar refractivity (Wildman–Crippen MR) is 71.7 cm³/mol. The normalized spacial score (nSPS) is 17.6. The highest BCUT2D eigenvalue weighted by atomic mass is 32.1. The quantitative estimate of drug-likeness (QED) is 0.786. The molecule has 0 aromatic heterocycles. The third-order valence-corrected chi connectivity index (χ3v) is 3.47. The van der Waals surface area contributed by atoms with Crippen LogP contribution in [0.15, 0.2) is 23.1 Å². The van der Waals surface area contributed by atoms with E-state index < -0.39 is 5.82 Å². The number of rotatable bonds is 1. The van der Waals surface area contributed by atoms with Gasteiger partial charge in [0, 0.05) is 24.5 Å². The Kier molecular flexibility index (Phi) is 4.24. The Morgan fingerprint density at radius 2 is 2.06 bits per heavy atom. The van der Waals surface area contributed by atoms with Crippen LogP contribution < -0.4 is 0 Å². The maximum Gasteiger partial charge on any atom is 0.256 e. The van der Waals surface area contributed by atoms with E-state index in [1.165, 1.54) is 12.1 Å². The van der Waals surface area contributed by atoms with Crippen molar-refractivity contribution in [2.75, 3.05) is 33.2 Å². The summed E-state index contributed by atoms with van der Waals surface area (Å²) < 4.78 is 13.7. The first-order valence-corrected chi connectivity index (χ1v) is 6.49. The van der Waals surface area contributed by atoms with E-state index >= 15 is 0 Å². The molecule has 1 saturated heterocycles. The molecule has 0 radical (unpaired) electrons. The largest absolute Gasteiger partial charge is 0.337 e. The molecule has 1 aliphatic rings. The van der Waals surface area contributed by atoms with E-state index in [2.05, 4.69) is 17.5 Å². The van der Waals surface area contributed by atoms with Crippen molar-refractivity contribution in [3.05, 3.63) is 29.6 Å². The average molecular weight is 268 g/mol. The summed E-state index contributed by atoms with van der Waals surface area (Å²) in [6.07, 6.45) is 0.921. The van der Waals surface area contributed by atoms with Crippen molar-refractivity contribution in [1.82, 2.24) is 9.80 Å². The van der Waals surface area contributed by atoms with Crippen LogP contribution in [0.4, 0.5) is 4.39 Å². The molecule has 1 aromatic carbocycles. The minimum atomic E-state index is -0.476. The average Bonchev–Trinajstić information content (AvgIpc) is 2.56. The zero-order valence-electron chi connectivity index (χ0n) is 10.4. The topological polar surface area (TPSA) is 23.6 Å². The predicted octanol–water partition coefficient (Wildman–Crippen LogP) is 1.89. The lowest BCUT2D eigenvalue weighted by molar-refractivity contribution is 0.0758. The standard InChI is InChI=1S/C13H17FN2OS/c1-15-5-2-6-16(8-7-15)13(17)11-9-10(18)3-4-12(11)14/h3-4,9,18H,2,5-8H2,1H3. The third kappa shape index (κ3) is 3.03. The monoisotopic (exact) mass is 268 g/mol. The Morgan fingerprint density at radius 3 is 2.83 bits per heavy atom. The zero-order chi connectivity index (χ0) is 13.1. The van der Waals surface area contributed by atoms with Crippen molar-refractivity contribution in [3.63, 3.8) is 0 Å². The summed E-state index contributed by atoms with van der Waals surface area (Å²) >= 11 is 4.15. The molecule has 1 amide bonds. The van der Waals surface area contributed by atoms with Crippen LogP contribution in [0.1, 0.15) is 16.8 Å². The van der Waals surface area contributed by atoms with Gasteiger partial charge in [-0.1, -0.05) is 0 Å². The van der Waals surface area contributed by atoms with Crippen molar-refractivity contribution in [2.45, 2.75) is 11.3 Å². The molecular formula is C13H17FN2OS. The molecule has 0 unspecified atom stereocenters. The molecular weight excluding hydrogens is 251 g/mol. The van der Waals surface area contributed by atoms with Gasteiger partial charge in [-0.2, -0.15) is 0 Å². The summed E-state index contributed by atoms with van der Waals surface area (Å²) in [6, 6.07) is 4.33. The Hall–Kier alpha value is -1.07. The highest BCUT2D eigenvalue weighted by molar-refractivity contribution is 7.80. The molecule has 0 saturated carbocycles. The van der Waals surface area contributed by atoms with Gasteiger partial charge in [0.05, 0.1) is 5.56 Å². The van der Waals surface area contributed by atoms with Crippen molar-refractivity contribution < 1.29 is 9.18 Å². The minimum absolute atomic E-state index is 0.118. The first-order valence-electron chi connectivity index (χ1n) is 6.04. The van der Waals surface area contributed by atoms with Gasteiger partial charge >= 0.3 is 0 Å². The summed E-state index contributed by atoms with van der Waals surface area (Å²) in [7, 11) is 2.03. The number of carbonyl (C=O) groups excluding carboxylic acids is 1. The highest BCUT2D eigenvalue weighted by Gasteiger charge is 2.21. The van der Waals surface area contributed by atoms with E-state index in [0.29, 0.717) is 18.0 Å². The molecule has 1 aliphatic heterocycles. The smallest absolute Gasteiger partial charge is 0.256 e. The van der Waals surface area contributed by atoms with Crippen LogP contribution in [-0.2, 0) is 0 Å². The number of amides is 1. The second-order valence-electron chi connectivity index (χ2n) is 4.61. The molecule has 0 spiro atoms. The number of thiol groups is 1. The van der Waals surface area contributed by atoms with Gasteiger partial charge in [0.2, 0.25) is 0 Å². The van der Waals surface area contributed by atoms with E-state index in [-0.39, 0.29) is 11.5 Å². The molecule has 3 nitrogen and oxygen atoms in total. The lowest BCUT2D eigenvalue weighted by atomic mass is 10.2. The van der Waals surface area contributed by atoms with E-state index in [1.54, 1.807) is 11.0 Å². The maximum absolute atomic E-state index is 13.7. The first kappa shape index (κ1) is 13.4. The highest BCUT2D eigenvalue weighted by Crippen LogP contribution is 2.16. The molecule has 0 N–H and O–H groups in total. The zero-order valence-corrected chi connectivity index (χ0v) is 11.3. The fourth-order valence-electron chi connectivity index (χ4n) is 2.10. The Labute approximate surface area is 112 Å². The summed E-state index contributed by atoms with van der Waals surface area (Å²) in [6.45, 7) is 3.12. The first-order chi connectivity index (χ1) is 8.58. The van der Waals surface area contributed by atoms with E-state index in [4.69, 9.17) is 0 Å². The van der Waals surface area contributed by atoms with Crippen molar-refractivity contribution in [3.8, 4) is 0 Å². The Morgan fingerprint density at radius 1 is 1.28 bits per heavy atom. The van der Waals surface area contributed by atoms with Crippen LogP contribution >= 0.6 is 12.6 Å². The fraction of sp³-hybridized carbons (Fsp3) is 0.462. The summed E-state index contributed by atoms with van der Waals surface area (Å²) in [5.74, 6) is -0.714. The SMILES string of the molecule is CN1CCCN(C(=O)c2cc(S)ccc2F)CC1. The second kappa shape index (κ2) is 5.71. The van der Waals surface area contributed by atoms with Gasteiger partial charge in [0.25, 0.3) is 5.91 Å². The second-order valence-corrected chi connectivity index (χ2v) is 5.13. The van der Waals surface area contributed by atoms with Gasteiger partial charge in [0.15, 0.2) is 0 Å². The number of halogens is 1.